The molecule has 1 spiro atoms. The lowest BCUT2D eigenvalue weighted by molar-refractivity contribution is -0.119. The summed E-state index contributed by atoms with van der Waals surface area (Å²) in [5.41, 5.74) is -0.634. The van der Waals surface area contributed by atoms with Crippen LogP contribution in [0.1, 0.15) is 44.0 Å². The normalized spacial score (nSPS) is 17.8. The monoisotopic (exact) mass is 428 g/mol. The first kappa shape index (κ1) is 22.3. The molecule has 9 nitrogen and oxygen atoms in total. The van der Waals surface area contributed by atoms with Crippen LogP contribution < -0.4 is 10.6 Å². The topological polar surface area (TPSA) is 108 Å². The van der Waals surface area contributed by atoms with Crippen molar-refractivity contribution in [2.24, 2.45) is 0 Å². The maximum atomic E-state index is 13.3. The van der Waals surface area contributed by atoms with Crippen molar-refractivity contribution in [2.75, 3.05) is 25.0 Å². The first-order chi connectivity index (χ1) is 14.5. The zero-order chi connectivity index (χ0) is 22.8. The van der Waals surface area contributed by atoms with Gasteiger partial charge in [-0.1, -0.05) is 12.6 Å². The van der Waals surface area contributed by atoms with Crippen LogP contribution in [0.2, 0.25) is 0 Å². The molecule has 0 bridgehead atoms. The Morgan fingerprint density at radius 1 is 1.23 bits per heavy atom. The van der Waals surface area contributed by atoms with E-state index in [2.05, 4.69) is 17.2 Å². The molecule has 2 aliphatic rings. The van der Waals surface area contributed by atoms with Crippen molar-refractivity contribution < 1.29 is 23.9 Å². The van der Waals surface area contributed by atoms with E-state index in [1.807, 2.05) is 0 Å². The Kier molecular flexibility index (Phi) is 6.06. The Morgan fingerprint density at radius 2 is 1.90 bits per heavy atom. The summed E-state index contributed by atoms with van der Waals surface area (Å²) in [4.78, 5) is 52.5. The van der Waals surface area contributed by atoms with Gasteiger partial charge in [0.15, 0.2) is 0 Å². The van der Waals surface area contributed by atoms with Crippen LogP contribution in [0.15, 0.2) is 36.9 Å². The number of carbonyl (C=O) groups excluding carboxylic acids is 4. The Labute approximate surface area is 181 Å². The number of rotatable bonds is 3. The Bertz CT molecular complexity index is 913. The van der Waals surface area contributed by atoms with Crippen molar-refractivity contribution in [2.45, 2.75) is 44.9 Å². The number of likely N-dealkylation sites (tertiary alicyclic amines) is 1. The third-order valence-electron chi connectivity index (χ3n) is 5.24. The molecule has 2 N–H and O–H groups in total. The number of amides is 4. The molecule has 31 heavy (non-hydrogen) atoms. The average molecular weight is 428 g/mol. The summed E-state index contributed by atoms with van der Waals surface area (Å²) in [6.07, 6.45) is 1.54. The minimum atomic E-state index is -0.854. The standard InChI is InChI=1S/C22H28N4O5/c1-5-17(27)23-16-8-6-7-15(13-16)19(29)26-14-18(28)24-22(26)9-11-25(12-10-22)20(30)31-21(2,3)4/h5-8,13H,1,9-12,14H2,2-4H3,(H,23,27)(H,24,28). The summed E-state index contributed by atoms with van der Waals surface area (Å²) in [7, 11) is 0. The number of nitrogens with zero attached hydrogens (tertiary/aromatic N) is 2. The molecular weight excluding hydrogens is 400 g/mol. The van der Waals surface area contributed by atoms with E-state index in [1.165, 1.54) is 4.90 Å². The SMILES string of the molecule is C=CC(=O)Nc1cccc(C(=O)N2CC(=O)NC23CCN(C(=O)OC(C)(C)C)CC3)c1. The molecule has 2 fully saturated rings. The molecule has 2 saturated heterocycles. The second-order valence-corrected chi connectivity index (χ2v) is 8.71. The summed E-state index contributed by atoms with van der Waals surface area (Å²) >= 11 is 0. The number of hydrogen-bond acceptors (Lipinski definition) is 5. The molecule has 2 heterocycles. The smallest absolute Gasteiger partial charge is 0.410 e. The summed E-state index contributed by atoms with van der Waals surface area (Å²) in [5.74, 6) is -0.942. The highest BCUT2D eigenvalue weighted by Gasteiger charge is 2.49. The number of ether oxygens (including phenoxy) is 1. The summed E-state index contributed by atoms with van der Waals surface area (Å²) in [5, 5.41) is 5.56. The van der Waals surface area contributed by atoms with E-state index in [0.717, 1.165) is 6.08 Å². The summed E-state index contributed by atoms with van der Waals surface area (Å²) in [6, 6.07) is 6.53. The molecule has 0 radical (unpaired) electrons. The molecule has 0 atom stereocenters. The summed E-state index contributed by atoms with van der Waals surface area (Å²) < 4.78 is 5.42. The van der Waals surface area contributed by atoms with E-state index in [1.54, 1.807) is 49.9 Å². The van der Waals surface area contributed by atoms with Gasteiger partial charge >= 0.3 is 6.09 Å². The molecule has 0 unspecified atom stereocenters. The van der Waals surface area contributed by atoms with E-state index in [4.69, 9.17) is 4.74 Å². The summed E-state index contributed by atoms with van der Waals surface area (Å²) in [6.45, 7) is 9.48. The third-order valence-corrected chi connectivity index (χ3v) is 5.24. The highest BCUT2D eigenvalue weighted by Crippen LogP contribution is 2.32. The number of carbonyl (C=O) groups is 4. The lowest BCUT2D eigenvalue weighted by Gasteiger charge is -2.44. The van der Waals surface area contributed by atoms with Crippen LogP contribution >= 0.6 is 0 Å². The molecule has 2 aliphatic heterocycles. The van der Waals surface area contributed by atoms with Gasteiger partial charge in [-0.15, -0.1) is 0 Å². The fourth-order valence-electron chi connectivity index (χ4n) is 3.79. The predicted molar refractivity (Wildman–Crippen MR) is 114 cm³/mol. The van der Waals surface area contributed by atoms with Crippen molar-refractivity contribution in [3.05, 3.63) is 42.5 Å². The number of hydrogen-bond donors (Lipinski definition) is 2. The zero-order valence-corrected chi connectivity index (χ0v) is 18.1. The zero-order valence-electron chi connectivity index (χ0n) is 18.1. The Balaban J connectivity index is 1.75. The fraction of sp³-hybridized carbons (Fsp3) is 0.455. The average Bonchev–Trinajstić information content (AvgIpc) is 3.02. The van der Waals surface area contributed by atoms with Crippen molar-refractivity contribution in [3.63, 3.8) is 0 Å². The Hall–Kier alpha value is -3.36. The second kappa shape index (κ2) is 8.41. The molecular formula is C22H28N4O5. The number of nitrogens with one attached hydrogen (secondary N) is 2. The van der Waals surface area contributed by atoms with Gasteiger partial charge in [0.1, 0.15) is 17.8 Å². The molecule has 3 rings (SSSR count). The predicted octanol–water partition coefficient (Wildman–Crippen LogP) is 2.11. The van der Waals surface area contributed by atoms with Gasteiger partial charge in [0.05, 0.1) is 0 Å². The maximum absolute atomic E-state index is 13.3. The maximum Gasteiger partial charge on any atom is 0.410 e. The van der Waals surface area contributed by atoms with Crippen LogP contribution in [0.4, 0.5) is 10.5 Å². The lowest BCUT2D eigenvalue weighted by atomic mass is 9.95. The van der Waals surface area contributed by atoms with Crippen molar-refractivity contribution in [1.82, 2.24) is 15.1 Å². The molecule has 0 aliphatic carbocycles. The quantitative estimate of drug-likeness (QED) is 0.717. The van der Waals surface area contributed by atoms with Crippen LogP contribution in [0, 0.1) is 0 Å². The van der Waals surface area contributed by atoms with Gasteiger partial charge in [-0.2, -0.15) is 0 Å². The highest BCUT2D eigenvalue weighted by atomic mass is 16.6. The van der Waals surface area contributed by atoms with Crippen molar-refractivity contribution in [1.29, 1.82) is 0 Å². The van der Waals surface area contributed by atoms with Crippen molar-refractivity contribution in [3.8, 4) is 0 Å². The van der Waals surface area contributed by atoms with E-state index >= 15 is 0 Å². The second-order valence-electron chi connectivity index (χ2n) is 8.71. The van der Waals surface area contributed by atoms with Crippen LogP contribution in [0.3, 0.4) is 0 Å². The molecule has 166 valence electrons. The molecule has 0 saturated carbocycles. The van der Waals surface area contributed by atoms with Gasteiger partial charge in [-0.3, -0.25) is 14.4 Å². The van der Waals surface area contributed by atoms with Gasteiger partial charge in [0.2, 0.25) is 11.8 Å². The molecule has 1 aromatic carbocycles. The van der Waals surface area contributed by atoms with E-state index in [-0.39, 0.29) is 24.3 Å². The lowest BCUT2D eigenvalue weighted by Crippen LogP contribution is -2.60. The van der Waals surface area contributed by atoms with Crippen LogP contribution in [-0.4, -0.2) is 64.5 Å². The van der Waals surface area contributed by atoms with Gasteiger partial charge in [0, 0.05) is 37.2 Å². The van der Waals surface area contributed by atoms with Gasteiger partial charge < -0.3 is 25.2 Å². The Morgan fingerprint density at radius 3 is 2.52 bits per heavy atom. The van der Waals surface area contributed by atoms with Crippen molar-refractivity contribution >= 4 is 29.5 Å². The van der Waals surface area contributed by atoms with Crippen LogP contribution in [-0.2, 0) is 14.3 Å². The fourth-order valence-corrected chi connectivity index (χ4v) is 3.79. The minimum Gasteiger partial charge on any atom is -0.444 e. The number of benzene rings is 1. The first-order valence-electron chi connectivity index (χ1n) is 10.2. The van der Waals surface area contributed by atoms with Gasteiger partial charge in [-0.25, -0.2) is 4.79 Å². The first-order valence-corrected chi connectivity index (χ1v) is 10.2. The van der Waals surface area contributed by atoms with E-state index < -0.39 is 17.4 Å². The van der Waals surface area contributed by atoms with Crippen LogP contribution in [0.25, 0.3) is 0 Å². The van der Waals surface area contributed by atoms with Crippen LogP contribution in [0.5, 0.6) is 0 Å². The molecule has 9 heteroatoms. The van der Waals surface area contributed by atoms with Gasteiger partial charge in [0.25, 0.3) is 5.91 Å². The largest absolute Gasteiger partial charge is 0.444 e. The molecule has 1 aromatic rings. The third kappa shape index (κ3) is 5.04. The van der Waals surface area contributed by atoms with Gasteiger partial charge in [-0.05, 0) is 45.0 Å². The number of anilines is 1. The number of piperidine rings is 1. The highest BCUT2D eigenvalue weighted by molar-refractivity contribution is 6.02. The molecule has 4 amide bonds. The molecule has 0 aromatic heterocycles. The van der Waals surface area contributed by atoms with E-state index in [0.29, 0.717) is 37.2 Å². The van der Waals surface area contributed by atoms with E-state index in [9.17, 15) is 19.2 Å². The minimum absolute atomic E-state index is 0.0610.